The molecule has 0 saturated heterocycles. The van der Waals surface area contributed by atoms with Gasteiger partial charge in [0, 0.05) is 6.42 Å². The monoisotopic (exact) mass is 344 g/mol. The third-order valence-electron chi connectivity index (χ3n) is 3.74. The molecular formula is C20H40O4. The highest BCUT2D eigenvalue weighted by atomic mass is 16.7. The topological polar surface area (TPSA) is 36.9 Å². The molecule has 0 spiro atoms. The van der Waals surface area contributed by atoms with E-state index in [0.29, 0.717) is 19.2 Å². The van der Waals surface area contributed by atoms with Gasteiger partial charge >= 0.3 is 5.95 Å². The third kappa shape index (κ3) is 13.5. The molecule has 0 N–H and O–H groups in total. The average molecular weight is 345 g/mol. The van der Waals surface area contributed by atoms with Crippen molar-refractivity contribution in [3.05, 3.63) is 11.7 Å². The minimum absolute atomic E-state index is 0.231. The molecule has 4 nitrogen and oxygen atoms in total. The fourth-order valence-corrected chi connectivity index (χ4v) is 2.42. The van der Waals surface area contributed by atoms with Crippen molar-refractivity contribution in [3.63, 3.8) is 0 Å². The van der Waals surface area contributed by atoms with Gasteiger partial charge in [-0.3, -0.25) is 0 Å². The summed E-state index contributed by atoms with van der Waals surface area (Å²) in [5, 5.41) is 0. The Morgan fingerprint density at radius 2 is 1.25 bits per heavy atom. The van der Waals surface area contributed by atoms with E-state index in [0.717, 1.165) is 31.6 Å². The molecule has 144 valence electrons. The zero-order chi connectivity index (χ0) is 17.9. The highest BCUT2D eigenvalue weighted by Gasteiger charge is 2.11. The Bertz CT molecular complexity index is 289. The minimum atomic E-state index is 0.231. The van der Waals surface area contributed by atoms with Gasteiger partial charge in [-0.25, -0.2) is 0 Å². The minimum Gasteiger partial charge on any atom is -0.491 e. The summed E-state index contributed by atoms with van der Waals surface area (Å²) in [5.41, 5.74) is 0. The summed E-state index contributed by atoms with van der Waals surface area (Å²) in [6.07, 6.45) is 11.9. The Morgan fingerprint density at radius 1 is 0.625 bits per heavy atom. The van der Waals surface area contributed by atoms with Crippen molar-refractivity contribution in [1.29, 1.82) is 0 Å². The standard InChI is InChI=1S/C20H40O4/c1-5-9-11-12-13-15-17-21-18-24-20(23-8-4)19(22-7-3)16-14-10-6-2/h5-18H2,1-4H3. The Labute approximate surface area is 149 Å². The summed E-state index contributed by atoms with van der Waals surface area (Å²) in [4.78, 5) is 0. The van der Waals surface area contributed by atoms with E-state index in [-0.39, 0.29) is 6.79 Å². The molecule has 0 aromatic heterocycles. The third-order valence-corrected chi connectivity index (χ3v) is 3.74. The van der Waals surface area contributed by atoms with Gasteiger partial charge in [0.2, 0.25) is 0 Å². The number of ether oxygens (including phenoxy) is 4. The summed E-state index contributed by atoms with van der Waals surface area (Å²) < 4.78 is 22.6. The molecule has 0 bridgehead atoms. The van der Waals surface area contributed by atoms with Gasteiger partial charge in [0.05, 0.1) is 19.8 Å². The molecule has 0 unspecified atom stereocenters. The van der Waals surface area contributed by atoms with E-state index < -0.39 is 0 Å². The van der Waals surface area contributed by atoms with Crippen LogP contribution in [0.5, 0.6) is 0 Å². The fraction of sp³-hybridized carbons (Fsp3) is 0.900. The van der Waals surface area contributed by atoms with Gasteiger partial charge in [-0.1, -0.05) is 58.8 Å². The van der Waals surface area contributed by atoms with Gasteiger partial charge in [0.1, 0.15) is 0 Å². The lowest BCUT2D eigenvalue weighted by Gasteiger charge is -2.16. The first-order valence-corrected chi connectivity index (χ1v) is 9.99. The average Bonchev–Trinajstić information content (AvgIpc) is 2.59. The van der Waals surface area contributed by atoms with Gasteiger partial charge in [0.15, 0.2) is 12.6 Å². The summed E-state index contributed by atoms with van der Waals surface area (Å²) in [5.74, 6) is 1.31. The van der Waals surface area contributed by atoms with Crippen LogP contribution < -0.4 is 0 Å². The molecular weight excluding hydrogens is 304 g/mol. The second-order valence-corrected chi connectivity index (χ2v) is 5.97. The highest BCUT2D eigenvalue weighted by Crippen LogP contribution is 2.17. The molecule has 0 aromatic carbocycles. The van der Waals surface area contributed by atoms with E-state index in [2.05, 4.69) is 13.8 Å². The summed E-state index contributed by atoms with van der Waals surface area (Å²) in [6, 6.07) is 0. The van der Waals surface area contributed by atoms with Crippen LogP contribution in [0.25, 0.3) is 0 Å². The van der Waals surface area contributed by atoms with Gasteiger partial charge in [-0.15, -0.1) is 0 Å². The molecule has 0 atom stereocenters. The van der Waals surface area contributed by atoms with Crippen LogP contribution in [0.1, 0.15) is 91.9 Å². The van der Waals surface area contributed by atoms with Crippen molar-refractivity contribution < 1.29 is 18.9 Å². The first-order chi connectivity index (χ1) is 11.8. The van der Waals surface area contributed by atoms with E-state index in [9.17, 15) is 0 Å². The normalized spacial score (nSPS) is 12.0. The van der Waals surface area contributed by atoms with Gasteiger partial charge < -0.3 is 18.9 Å². The van der Waals surface area contributed by atoms with Gasteiger partial charge in [0.25, 0.3) is 0 Å². The predicted molar refractivity (Wildman–Crippen MR) is 99.7 cm³/mol. The molecule has 0 rings (SSSR count). The molecule has 0 heterocycles. The van der Waals surface area contributed by atoms with Crippen molar-refractivity contribution in [2.75, 3.05) is 26.6 Å². The summed E-state index contributed by atoms with van der Waals surface area (Å²) in [7, 11) is 0. The quantitative estimate of drug-likeness (QED) is 0.169. The molecule has 4 heteroatoms. The largest absolute Gasteiger partial charge is 0.491 e. The SMILES string of the molecule is CCCCCCCCOCOC(OCC)=C(CCCCC)OCC. The Hall–Kier alpha value is -0.900. The Kier molecular flexibility index (Phi) is 17.7. The van der Waals surface area contributed by atoms with E-state index in [4.69, 9.17) is 18.9 Å². The molecule has 0 aliphatic rings. The molecule has 0 saturated carbocycles. The van der Waals surface area contributed by atoms with Crippen molar-refractivity contribution in [3.8, 4) is 0 Å². The van der Waals surface area contributed by atoms with Crippen molar-refractivity contribution >= 4 is 0 Å². The maximum absolute atomic E-state index is 5.71. The number of hydrogen-bond donors (Lipinski definition) is 0. The maximum atomic E-state index is 5.71. The lowest BCUT2D eigenvalue weighted by molar-refractivity contribution is -0.0823. The van der Waals surface area contributed by atoms with Crippen LogP contribution in [-0.2, 0) is 18.9 Å². The van der Waals surface area contributed by atoms with Crippen LogP contribution in [-0.4, -0.2) is 26.6 Å². The van der Waals surface area contributed by atoms with Crippen molar-refractivity contribution in [1.82, 2.24) is 0 Å². The molecule has 0 aromatic rings. The van der Waals surface area contributed by atoms with E-state index in [1.54, 1.807) is 0 Å². The lowest BCUT2D eigenvalue weighted by atomic mass is 10.1. The van der Waals surface area contributed by atoms with E-state index in [1.807, 2.05) is 13.8 Å². The number of allylic oxidation sites excluding steroid dienone is 1. The van der Waals surface area contributed by atoms with Crippen LogP contribution in [0.3, 0.4) is 0 Å². The van der Waals surface area contributed by atoms with E-state index in [1.165, 1.54) is 44.9 Å². The van der Waals surface area contributed by atoms with Crippen LogP contribution in [0.2, 0.25) is 0 Å². The van der Waals surface area contributed by atoms with Gasteiger partial charge in [-0.05, 0) is 26.7 Å². The molecule has 0 aliphatic carbocycles. The van der Waals surface area contributed by atoms with Crippen LogP contribution in [0.4, 0.5) is 0 Å². The number of hydrogen-bond acceptors (Lipinski definition) is 4. The lowest BCUT2D eigenvalue weighted by Crippen LogP contribution is -2.09. The number of rotatable bonds is 18. The molecule has 0 amide bonds. The second-order valence-electron chi connectivity index (χ2n) is 5.97. The summed E-state index contributed by atoms with van der Waals surface area (Å²) >= 11 is 0. The second kappa shape index (κ2) is 18.4. The molecule has 0 aliphatic heterocycles. The predicted octanol–water partition coefficient (Wildman–Crippen LogP) is 6.16. The van der Waals surface area contributed by atoms with Crippen molar-refractivity contribution in [2.24, 2.45) is 0 Å². The molecule has 0 radical (unpaired) electrons. The first-order valence-electron chi connectivity index (χ1n) is 9.99. The maximum Gasteiger partial charge on any atom is 0.321 e. The van der Waals surface area contributed by atoms with Crippen LogP contribution in [0, 0.1) is 0 Å². The smallest absolute Gasteiger partial charge is 0.321 e. The van der Waals surface area contributed by atoms with Crippen LogP contribution in [0.15, 0.2) is 11.7 Å². The zero-order valence-corrected chi connectivity index (χ0v) is 16.5. The summed E-state index contributed by atoms with van der Waals surface area (Å²) in [6.45, 7) is 10.5. The highest BCUT2D eigenvalue weighted by molar-refractivity contribution is 4.95. The van der Waals surface area contributed by atoms with Crippen LogP contribution >= 0.6 is 0 Å². The number of unbranched alkanes of at least 4 members (excludes halogenated alkanes) is 7. The Morgan fingerprint density at radius 3 is 1.92 bits per heavy atom. The molecule has 0 fully saturated rings. The first kappa shape index (κ1) is 23.1. The fourth-order valence-electron chi connectivity index (χ4n) is 2.42. The molecule has 24 heavy (non-hydrogen) atoms. The van der Waals surface area contributed by atoms with Crippen molar-refractivity contribution in [2.45, 2.75) is 91.9 Å². The zero-order valence-electron chi connectivity index (χ0n) is 16.5. The Balaban J connectivity index is 4.07. The van der Waals surface area contributed by atoms with Gasteiger partial charge in [-0.2, -0.15) is 0 Å². The van der Waals surface area contributed by atoms with E-state index >= 15 is 0 Å².